The number of nitrogens with one attached hydrogen (secondary N) is 1. The number of fused-ring (bicyclic) bond motifs is 1. The topological polar surface area (TPSA) is 71.5 Å². The van der Waals surface area contributed by atoms with Crippen LogP contribution in [0.25, 0.3) is 10.9 Å². The van der Waals surface area contributed by atoms with Crippen molar-refractivity contribution < 1.29 is 14.6 Å². The minimum absolute atomic E-state index is 0.0458. The van der Waals surface area contributed by atoms with Gasteiger partial charge in [0.25, 0.3) is 5.91 Å². The van der Waals surface area contributed by atoms with E-state index in [9.17, 15) is 9.90 Å². The summed E-state index contributed by atoms with van der Waals surface area (Å²) in [6.45, 7) is 6.46. The van der Waals surface area contributed by atoms with Crippen LogP contribution in [0.5, 0.6) is 11.5 Å². The summed E-state index contributed by atoms with van der Waals surface area (Å²) in [5.41, 5.74) is 2.63. The van der Waals surface area contributed by atoms with Gasteiger partial charge in [-0.1, -0.05) is 50.6 Å². The van der Waals surface area contributed by atoms with E-state index in [2.05, 4.69) is 26.1 Å². The van der Waals surface area contributed by atoms with Crippen LogP contribution in [0.1, 0.15) is 42.4 Å². The summed E-state index contributed by atoms with van der Waals surface area (Å²) in [6, 6.07) is 12.5. The number of rotatable bonds is 4. The minimum Gasteiger partial charge on any atom is -0.504 e. The number of benzene rings is 2. The van der Waals surface area contributed by atoms with Crippen molar-refractivity contribution in [2.24, 2.45) is 0 Å². The van der Waals surface area contributed by atoms with E-state index in [1.165, 1.54) is 13.2 Å². The highest BCUT2D eigenvalue weighted by Gasteiger charge is 2.18. The summed E-state index contributed by atoms with van der Waals surface area (Å²) in [7, 11) is 1.46. The average Bonchev–Trinajstić information content (AvgIpc) is 2.65. The monoisotopic (exact) mass is 398 g/mol. The fraction of sp³-hybridized carbons (Fsp3) is 0.273. The minimum atomic E-state index is -0.243. The van der Waals surface area contributed by atoms with Crippen LogP contribution >= 0.6 is 11.6 Å². The van der Waals surface area contributed by atoms with E-state index in [-0.39, 0.29) is 23.6 Å². The van der Waals surface area contributed by atoms with Crippen LogP contribution in [0.3, 0.4) is 0 Å². The first-order valence-electron chi connectivity index (χ1n) is 8.94. The van der Waals surface area contributed by atoms with Gasteiger partial charge in [-0.15, -0.1) is 0 Å². The number of hydrogen-bond acceptors (Lipinski definition) is 4. The summed E-state index contributed by atoms with van der Waals surface area (Å²) in [4.78, 5) is 17.6. The summed E-state index contributed by atoms with van der Waals surface area (Å²) < 4.78 is 5.10. The third kappa shape index (κ3) is 4.04. The number of carbonyl (C=O) groups is 1. The van der Waals surface area contributed by atoms with Crippen LogP contribution in [0.2, 0.25) is 5.02 Å². The van der Waals surface area contributed by atoms with Crippen LogP contribution in [-0.2, 0) is 12.0 Å². The van der Waals surface area contributed by atoms with Crippen LogP contribution < -0.4 is 10.1 Å². The lowest BCUT2D eigenvalue weighted by molar-refractivity contribution is 0.0952. The number of aromatic hydroxyl groups is 1. The second-order valence-corrected chi connectivity index (χ2v) is 8.03. The van der Waals surface area contributed by atoms with Gasteiger partial charge in [-0.05, 0) is 23.8 Å². The van der Waals surface area contributed by atoms with E-state index in [4.69, 9.17) is 21.3 Å². The van der Waals surface area contributed by atoms with Crippen molar-refractivity contribution in [2.75, 3.05) is 7.11 Å². The second kappa shape index (κ2) is 7.68. The van der Waals surface area contributed by atoms with Gasteiger partial charge >= 0.3 is 0 Å². The molecule has 0 radical (unpaired) electrons. The molecule has 0 saturated heterocycles. The predicted octanol–water partition coefficient (Wildman–Crippen LogP) is 4.83. The van der Waals surface area contributed by atoms with Gasteiger partial charge in [0, 0.05) is 34.1 Å². The van der Waals surface area contributed by atoms with E-state index < -0.39 is 0 Å². The highest BCUT2D eigenvalue weighted by atomic mass is 35.5. The Balaban J connectivity index is 1.90. The SMILES string of the molecule is COc1cc(CNC(=O)c2cccc3ccc(C(C)(C)C)nc23)c(Cl)cc1O. The number of nitrogens with zero attached hydrogens (tertiary/aromatic N) is 1. The molecule has 0 unspecified atom stereocenters. The number of phenolic OH excluding ortho intramolecular Hbond substituents is 1. The van der Waals surface area contributed by atoms with Gasteiger partial charge < -0.3 is 15.2 Å². The zero-order valence-corrected chi connectivity index (χ0v) is 17.1. The number of para-hydroxylation sites is 1. The third-order valence-corrected chi connectivity index (χ3v) is 4.87. The van der Waals surface area contributed by atoms with Gasteiger partial charge in [0.15, 0.2) is 11.5 Å². The Bertz CT molecular complexity index is 1040. The molecule has 0 atom stereocenters. The van der Waals surface area contributed by atoms with Crippen LogP contribution in [0, 0.1) is 0 Å². The highest BCUT2D eigenvalue weighted by molar-refractivity contribution is 6.31. The van der Waals surface area contributed by atoms with Crippen molar-refractivity contribution >= 4 is 28.4 Å². The molecule has 146 valence electrons. The molecule has 0 saturated carbocycles. The number of halogens is 1. The number of phenols is 1. The lowest BCUT2D eigenvalue weighted by Gasteiger charge is -2.18. The summed E-state index contributed by atoms with van der Waals surface area (Å²) in [5, 5.41) is 13.9. The van der Waals surface area contributed by atoms with Gasteiger partial charge in [0.1, 0.15) is 0 Å². The molecule has 0 spiro atoms. The smallest absolute Gasteiger partial charge is 0.253 e. The van der Waals surface area contributed by atoms with Gasteiger partial charge in [-0.2, -0.15) is 0 Å². The van der Waals surface area contributed by atoms with Crippen LogP contribution in [-0.4, -0.2) is 23.1 Å². The molecule has 0 fully saturated rings. The number of hydrogen-bond donors (Lipinski definition) is 2. The molecule has 2 N–H and O–H groups in total. The van der Waals surface area contributed by atoms with E-state index >= 15 is 0 Å². The molecule has 1 heterocycles. The van der Waals surface area contributed by atoms with Gasteiger partial charge in [-0.25, -0.2) is 0 Å². The molecular weight excluding hydrogens is 376 g/mol. The Morgan fingerprint density at radius 1 is 1.21 bits per heavy atom. The second-order valence-electron chi connectivity index (χ2n) is 7.62. The molecule has 0 aliphatic heterocycles. The number of carbonyl (C=O) groups excluding carboxylic acids is 1. The molecule has 3 rings (SSSR count). The predicted molar refractivity (Wildman–Crippen MR) is 111 cm³/mol. The maximum atomic E-state index is 12.9. The van der Waals surface area contributed by atoms with Crippen LogP contribution in [0.4, 0.5) is 0 Å². The van der Waals surface area contributed by atoms with Crippen LogP contribution in [0.15, 0.2) is 42.5 Å². The standard InChI is InChI=1S/C22H23ClN2O3/c1-22(2,3)19-9-8-13-6-5-7-15(20(13)25-19)21(27)24-12-14-10-18(28-4)17(26)11-16(14)23/h5-11,26H,12H2,1-4H3,(H,24,27). The molecular formula is C22H23ClN2O3. The largest absolute Gasteiger partial charge is 0.504 e. The maximum absolute atomic E-state index is 12.9. The molecule has 0 bridgehead atoms. The Labute approximate surface area is 169 Å². The van der Waals surface area contributed by atoms with Crippen molar-refractivity contribution in [3.63, 3.8) is 0 Å². The molecule has 5 nitrogen and oxygen atoms in total. The Morgan fingerprint density at radius 2 is 1.96 bits per heavy atom. The fourth-order valence-corrected chi connectivity index (χ4v) is 3.13. The number of methoxy groups -OCH3 is 1. The van der Waals surface area contributed by atoms with Crippen molar-refractivity contribution in [1.29, 1.82) is 0 Å². The Hall–Kier alpha value is -2.79. The fourth-order valence-electron chi connectivity index (χ4n) is 2.90. The van der Waals surface area contributed by atoms with E-state index in [0.717, 1.165) is 11.1 Å². The molecule has 1 aromatic heterocycles. The van der Waals surface area contributed by atoms with Crippen molar-refractivity contribution in [3.05, 3.63) is 64.3 Å². The van der Waals surface area contributed by atoms with Gasteiger partial charge in [0.2, 0.25) is 0 Å². The van der Waals surface area contributed by atoms with E-state index in [0.29, 0.717) is 27.4 Å². The Morgan fingerprint density at radius 3 is 2.64 bits per heavy atom. The zero-order valence-electron chi connectivity index (χ0n) is 16.3. The summed E-state index contributed by atoms with van der Waals surface area (Å²) in [5.74, 6) is 0.0121. The summed E-state index contributed by atoms with van der Waals surface area (Å²) in [6.07, 6.45) is 0. The van der Waals surface area contributed by atoms with E-state index in [1.807, 2.05) is 24.3 Å². The lowest BCUT2D eigenvalue weighted by Crippen LogP contribution is -2.23. The van der Waals surface area contributed by atoms with Gasteiger partial charge in [-0.3, -0.25) is 9.78 Å². The number of ether oxygens (including phenoxy) is 1. The molecule has 0 aliphatic rings. The first-order valence-corrected chi connectivity index (χ1v) is 9.32. The molecule has 0 aliphatic carbocycles. The molecule has 1 amide bonds. The normalized spacial score (nSPS) is 11.5. The van der Waals surface area contributed by atoms with E-state index in [1.54, 1.807) is 12.1 Å². The first kappa shape index (κ1) is 20.0. The van der Waals surface area contributed by atoms with Crippen molar-refractivity contribution in [1.82, 2.24) is 10.3 Å². The molecule has 28 heavy (non-hydrogen) atoms. The van der Waals surface area contributed by atoms with Crippen molar-refractivity contribution in [3.8, 4) is 11.5 Å². The first-order chi connectivity index (χ1) is 13.2. The quantitative estimate of drug-likeness (QED) is 0.660. The summed E-state index contributed by atoms with van der Waals surface area (Å²) >= 11 is 6.17. The third-order valence-electron chi connectivity index (χ3n) is 4.52. The number of amides is 1. The van der Waals surface area contributed by atoms with Crippen molar-refractivity contribution in [2.45, 2.75) is 32.7 Å². The number of aromatic nitrogens is 1. The molecule has 6 heteroatoms. The Kier molecular flexibility index (Phi) is 5.47. The lowest BCUT2D eigenvalue weighted by atomic mass is 9.91. The highest BCUT2D eigenvalue weighted by Crippen LogP contribution is 2.32. The molecule has 2 aromatic carbocycles. The van der Waals surface area contributed by atoms with Gasteiger partial charge in [0.05, 0.1) is 18.2 Å². The average molecular weight is 399 g/mol. The zero-order chi connectivity index (χ0) is 20.5. The maximum Gasteiger partial charge on any atom is 0.253 e. The molecule has 3 aromatic rings. The number of pyridine rings is 1.